The van der Waals surface area contributed by atoms with Crippen molar-refractivity contribution >= 4 is 34.2 Å². The smallest absolute Gasteiger partial charge is 0.227 e. The van der Waals surface area contributed by atoms with Crippen molar-refractivity contribution in [1.82, 2.24) is 9.97 Å². The van der Waals surface area contributed by atoms with Gasteiger partial charge in [-0.3, -0.25) is 4.79 Å². The Morgan fingerprint density at radius 1 is 1.18 bits per heavy atom. The van der Waals surface area contributed by atoms with E-state index in [0.717, 1.165) is 47.6 Å². The number of rotatable bonds is 7. The molecule has 2 aromatic carbocycles. The summed E-state index contributed by atoms with van der Waals surface area (Å²) in [7, 11) is 0. The molecule has 0 saturated heterocycles. The highest BCUT2D eigenvalue weighted by Crippen LogP contribution is 2.27. The molecule has 0 spiro atoms. The van der Waals surface area contributed by atoms with Gasteiger partial charge < -0.3 is 9.88 Å². The number of aryl methyl sites for hydroxylation is 1. The van der Waals surface area contributed by atoms with Crippen molar-refractivity contribution in [3.8, 4) is 0 Å². The van der Waals surface area contributed by atoms with E-state index in [0.29, 0.717) is 17.3 Å². The first-order valence-corrected chi connectivity index (χ1v) is 9.73. The number of H-pyrrole nitrogens is 1. The van der Waals surface area contributed by atoms with Crippen LogP contribution in [0, 0.1) is 11.6 Å². The zero-order valence-corrected chi connectivity index (χ0v) is 16.6. The number of hydrogen-bond donors (Lipinski definition) is 1. The SMILES string of the molecule is CCCC(=O)N(Cc1nc2c(CCC)cc(Cl)cc2[nH]1)c1cc(F)ccc1F. The molecule has 0 aliphatic heterocycles. The second kappa shape index (κ2) is 8.69. The molecule has 0 bridgehead atoms. The third-order valence-electron chi connectivity index (χ3n) is 4.47. The Hall–Kier alpha value is -2.47. The maximum absolute atomic E-state index is 14.3. The van der Waals surface area contributed by atoms with E-state index in [1.54, 1.807) is 6.07 Å². The van der Waals surface area contributed by atoms with Crippen molar-refractivity contribution in [3.63, 3.8) is 0 Å². The minimum atomic E-state index is -0.656. The normalized spacial score (nSPS) is 11.2. The molecule has 1 amide bonds. The zero-order chi connectivity index (χ0) is 20.3. The highest BCUT2D eigenvalue weighted by Gasteiger charge is 2.21. The molecule has 7 heteroatoms. The quantitative estimate of drug-likeness (QED) is 0.541. The number of nitrogens with zero attached hydrogens (tertiary/aromatic N) is 2. The van der Waals surface area contributed by atoms with Gasteiger partial charge in [-0.2, -0.15) is 0 Å². The van der Waals surface area contributed by atoms with Gasteiger partial charge in [0.25, 0.3) is 0 Å². The van der Waals surface area contributed by atoms with Gasteiger partial charge in [-0.1, -0.05) is 31.9 Å². The van der Waals surface area contributed by atoms with Gasteiger partial charge in [0.1, 0.15) is 17.5 Å². The minimum Gasteiger partial charge on any atom is -0.340 e. The molecule has 3 rings (SSSR count). The average molecular weight is 406 g/mol. The van der Waals surface area contributed by atoms with Crippen LogP contribution in [0.5, 0.6) is 0 Å². The summed E-state index contributed by atoms with van der Waals surface area (Å²) in [6.45, 7) is 3.94. The van der Waals surface area contributed by atoms with Gasteiger partial charge in [-0.15, -0.1) is 0 Å². The number of fused-ring (bicyclic) bond motifs is 1. The van der Waals surface area contributed by atoms with Crippen LogP contribution in [0.4, 0.5) is 14.5 Å². The molecule has 1 N–H and O–H groups in total. The standard InChI is InChI=1S/C21H22ClF2N3O/c1-3-5-13-9-14(22)10-17-21(13)26-19(25-17)12-27(20(28)6-4-2)18-11-15(23)7-8-16(18)24/h7-11H,3-6,12H2,1-2H3,(H,25,26). The van der Waals surface area contributed by atoms with Crippen LogP contribution in [0.1, 0.15) is 44.5 Å². The number of benzene rings is 2. The molecule has 0 unspecified atom stereocenters. The van der Waals surface area contributed by atoms with Crippen molar-refractivity contribution in [2.24, 2.45) is 0 Å². The molecule has 3 aromatic rings. The third kappa shape index (κ3) is 4.33. The predicted molar refractivity (Wildman–Crippen MR) is 108 cm³/mol. The Bertz CT molecular complexity index is 1000. The van der Waals surface area contributed by atoms with Crippen LogP contribution in [-0.4, -0.2) is 15.9 Å². The Labute approximate surface area is 167 Å². The molecule has 1 heterocycles. The number of halogens is 3. The van der Waals surface area contributed by atoms with E-state index in [-0.39, 0.29) is 24.6 Å². The van der Waals surface area contributed by atoms with Gasteiger partial charge in [0.15, 0.2) is 0 Å². The lowest BCUT2D eigenvalue weighted by Crippen LogP contribution is -2.31. The number of imidazole rings is 1. The van der Waals surface area contributed by atoms with Crippen LogP contribution in [0.2, 0.25) is 5.02 Å². The molecule has 0 radical (unpaired) electrons. The molecule has 0 saturated carbocycles. The van der Waals surface area contributed by atoms with E-state index in [2.05, 4.69) is 16.9 Å². The molecule has 28 heavy (non-hydrogen) atoms. The Balaban J connectivity index is 2.02. The number of amides is 1. The van der Waals surface area contributed by atoms with Crippen molar-refractivity contribution < 1.29 is 13.6 Å². The largest absolute Gasteiger partial charge is 0.340 e. The van der Waals surface area contributed by atoms with Crippen LogP contribution in [-0.2, 0) is 17.8 Å². The summed E-state index contributed by atoms with van der Waals surface area (Å²) in [4.78, 5) is 21.6. The monoisotopic (exact) mass is 405 g/mol. The Morgan fingerprint density at radius 3 is 2.68 bits per heavy atom. The van der Waals surface area contributed by atoms with Crippen molar-refractivity contribution in [2.75, 3.05) is 4.90 Å². The number of carbonyl (C=O) groups excluding carboxylic acids is 1. The number of aromatic amines is 1. The van der Waals surface area contributed by atoms with Crippen LogP contribution in [0.15, 0.2) is 30.3 Å². The maximum atomic E-state index is 14.3. The summed E-state index contributed by atoms with van der Waals surface area (Å²) in [5.41, 5.74) is 2.46. The van der Waals surface area contributed by atoms with Gasteiger partial charge in [-0.05, 0) is 42.7 Å². The van der Waals surface area contributed by atoms with Crippen molar-refractivity contribution in [3.05, 3.63) is 58.4 Å². The van der Waals surface area contributed by atoms with Crippen molar-refractivity contribution in [1.29, 1.82) is 0 Å². The molecule has 0 aliphatic rings. The molecule has 0 aliphatic carbocycles. The van der Waals surface area contributed by atoms with Gasteiger partial charge in [0, 0.05) is 17.5 Å². The molecule has 0 atom stereocenters. The lowest BCUT2D eigenvalue weighted by Gasteiger charge is -2.22. The lowest BCUT2D eigenvalue weighted by molar-refractivity contribution is -0.118. The van der Waals surface area contributed by atoms with E-state index in [9.17, 15) is 13.6 Å². The van der Waals surface area contributed by atoms with Gasteiger partial charge >= 0.3 is 0 Å². The van der Waals surface area contributed by atoms with Crippen LogP contribution < -0.4 is 4.90 Å². The first-order valence-electron chi connectivity index (χ1n) is 9.35. The lowest BCUT2D eigenvalue weighted by atomic mass is 10.1. The molecular formula is C21H22ClF2N3O. The third-order valence-corrected chi connectivity index (χ3v) is 4.69. The van der Waals surface area contributed by atoms with E-state index in [4.69, 9.17) is 11.6 Å². The number of anilines is 1. The van der Waals surface area contributed by atoms with Crippen LogP contribution >= 0.6 is 11.6 Å². The Kier molecular flexibility index (Phi) is 6.29. The van der Waals surface area contributed by atoms with E-state index >= 15 is 0 Å². The average Bonchev–Trinajstić information content (AvgIpc) is 3.05. The summed E-state index contributed by atoms with van der Waals surface area (Å²) in [5.74, 6) is -1.06. The van der Waals surface area contributed by atoms with Crippen molar-refractivity contribution in [2.45, 2.75) is 46.1 Å². The fraction of sp³-hybridized carbons (Fsp3) is 0.333. The first kappa shape index (κ1) is 20.3. The summed E-state index contributed by atoms with van der Waals surface area (Å²) in [6.07, 6.45) is 2.58. The van der Waals surface area contributed by atoms with E-state index in [1.165, 1.54) is 4.90 Å². The number of aromatic nitrogens is 2. The highest BCUT2D eigenvalue weighted by molar-refractivity contribution is 6.31. The second-order valence-electron chi connectivity index (χ2n) is 6.72. The molecule has 4 nitrogen and oxygen atoms in total. The summed E-state index contributed by atoms with van der Waals surface area (Å²) in [5, 5.41) is 0.598. The maximum Gasteiger partial charge on any atom is 0.227 e. The van der Waals surface area contributed by atoms with Crippen LogP contribution in [0.25, 0.3) is 11.0 Å². The summed E-state index contributed by atoms with van der Waals surface area (Å²) >= 11 is 6.20. The first-order chi connectivity index (χ1) is 13.4. The van der Waals surface area contributed by atoms with Gasteiger partial charge in [0.2, 0.25) is 5.91 Å². The Morgan fingerprint density at radius 2 is 1.96 bits per heavy atom. The number of hydrogen-bond acceptors (Lipinski definition) is 2. The summed E-state index contributed by atoms with van der Waals surface area (Å²) in [6, 6.07) is 6.74. The van der Waals surface area contributed by atoms with Crippen LogP contribution in [0.3, 0.4) is 0 Å². The fourth-order valence-electron chi connectivity index (χ4n) is 3.24. The second-order valence-corrected chi connectivity index (χ2v) is 7.16. The van der Waals surface area contributed by atoms with Gasteiger partial charge in [0.05, 0.1) is 23.3 Å². The molecular weight excluding hydrogens is 384 g/mol. The highest BCUT2D eigenvalue weighted by atomic mass is 35.5. The minimum absolute atomic E-state index is 0.0110. The molecule has 148 valence electrons. The molecule has 0 fully saturated rings. The zero-order valence-electron chi connectivity index (χ0n) is 15.9. The topological polar surface area (TPSA) is 49.0 Å². The van der Waals surface area contributed by atoms with Gasteiger partial charge in [-0.25, -0.2) is 13.8 Å². The molecule has 1 aromatic heterocycles. The fourth-order valence-corrected chi connectivity index (χ4v) is 3.48. The number of nitrogens with one attached hydrogen (secondary N) is 1. The van der Waals surface area contributed by atoms with E-state index in [1.807, 2.05) is 13.0 Å². The summed E-state index contributed by atoms with van der Waals surface area (Å²) < 4.78 is 28.0. The predicted octanol–water partition coefficient (Wildman–Crippen LogP) is 5.78. The number of carbonyl (C=O) groups is 1. The van der Waals surface area contributed by atoms with E-state index < -0.39 is 11.6 Å².